The number of nitro benzene ring substituents is 1. The molecule has 31 heavy (non-hydrogen) atoms. The van der Waals surface area contributed by atoms with Crippen LogP contribution in [0.25, 0.3) is 0 Å². The molecule has 3 unspecified atom stereocenters. The zero-order valence-corrected chi connectivity index (χ0v) is 16.6. The summed E-state index contributed by atoms with van der Waals surface area (Å²) in [5, 5.41) is 11.1. The van der Waals surface area contributed by atoms with Gasteiger partial charge >= 0.3 is 5.69 Å². The highest BCUT2D eigenvalue weighted by atomic mass is 16.6. The number of non-ortho nitro benzene ring substituents is 1. The van der Waals surface area contributed by atoms with Crippen LogP contribution in [0.1, 0.15) is 39.1 Å². The molecule has 0 spiro atoms. The monoisotopic (exact) mass is 419 g/mol. The molecule has 3 aromatic rings. The van der Waals surface area contributed by atoms with Gasteiger partial charge in [-0.1, -0.05) is 36.4 Å². The van der Waals surface area contributed by atoms with Crippen LogP contribution in [0.5, 0.6) is 5.88 Å². The van der Waals surface area contributed by atoms with Crippen LogP contribution in [-0.2, 0) is 14.1 Å². The molecule has 1 aliphatic heterocycles. The fraction of sp³-hybridized carbons (Fsp3) is 0.227. The van der Waals surface area contributed by atoms with Gasteiger partial charge in [-0.3, -0.25) is 28.8 Å². The van der Waals surface area contributed by atoms with E-state index < -0.39 is 34.1 Å². The number of ketones is 1. The first-order valence-corrected chi connectivity index (χ1v) is 9.65. The number of carbonyl (C=O) groups excluding carboxylic acids is 1. The van der Waals surface area contributed by atoms with Gasteiger partial charge in [-0.05, 0) is 5.56 Å². The van der Waals surface area contributed by atoms with Crippen LogP contribution < -0.4 is 16.0 Å². The van der Waals surface area contributed by atoms with Crippen molar-refractivity contribution in [3.05, 3.63) is 102 Å². The molecule has 3 atom stereocenters. The molecule has 2 heterocycles. The van der Waals surface area contributed by atoms with Gasteiger partial charge in [-0.2, -0.15) is 0 Å². The van der Waals surface area contributed by atoms with Gasteiger partial charge in [0.25, 0.3) is 11.2 Å². The van der Waals surface area contributed by atoms with E-state index in [1.165, 1.54) is 30.8 Å². The maximum atomic E-state index is 13.4. The highest BCUT2D eigenvalue weighted by Crippen LogP contribution is 2.52. The smallest absolute Gasteiger partial charge is 0.333 e. The van der Waals surface area contributed by atoms with Crippen molar-refractivity contribution >= 4 is 11.5 Å². The standard InChI is InChI=1S/C22H17N3O6/c1-23-20(27)17-15(11-7-9-12(10-8-11)25(29)30)16-18(26)13-5-3-4-6-14(13)19(16)31-21(17)24(2)22(23)28/h3-10,15-16,19H,1-2H3. The Morgan fingerprint density at radius 2 is 1.65 bits per heavy atom. The molecule has 2 aromatic carbocycles. The third-order valence-corrected chi connectivity index (χ3v) is 6.18. The first-order valence-electron chi connectivity index (χ1n) is 9.65. The topological polar surface area (TPSA) is 113 Å². The van der Waals surface area contributed by atoms with Crippen molar-refractivity contribution in [2.24, 2.45) is 20.0 Å². The number of rotatable bonds is 2. The Kier molecular flexibility index (Phi) is 3.98. The Balaban J connectivity index is 1.81. The Labute approximate surface area is 175 Å². The van der Waals surface area contributed by atoms with Gasteiger partial charge in [0.1, 0.15) is 6.10 Å². The summed E-state index contributed by atoms with van der Waals surface area (Å²) < 4.78 is 8.37. The molecule has 156 valence electrons. The molecular weight excluding hydrogens is 402 g/mol. The predicted octanol–water partition coefficient (Wildman–Crippen LogP) is 2.07. The number of nitro groups is 1. The number of aromatic nitrogens is 2. The van der Waals surface area contributed by atoms with Crippen molar-refractivity contribution in [1.82, 2.24) is 9.13 Å². The zero-order valence-electron chi connectivity index (χ0n) is 16.6. The largest absolute Gasteiger partial charge is 0.469 e. The Morgan fingerprint density at radius 1 is 0.968 bits per heavy atom. The molecule has 2 aliphatic rings. The lowest BCUT2D eigenvalue weighted by atomic mass is 9.76. The minimum atomic E-state index is -0.725. The van der Waals surface area contributed by atoms with Crippen LogP contribution >= 0.6 is 0 Å². The van der Waals surface area contributed by atoms with Crippen LogP contribution in [0.3, 0.4) is 0 Å². The fourth-order valence-corrected chi connectivity index (χ4v) is 4.68. The lowest BCUT2D eigenvalue weighted by molar-refractivity contribution is -0.384. The van der Waals surface area contributed by atoms with Gasteiger partial charge in [-0.25, -0.2) is 4.79 Å². The van der Waals surface area contributed by atoms with Crippen molar-refractivity contribution < 1.29 is 14.5 Å². The Morgan fingerprint density at radius 3 is 2.32 bits per heavy atom. The number of fused-ring (bicyclic) bond motifs is 4. The SMILES string of the molecule is Cn1c2c(c(=O)n(C)c1=O)C(c1ccc([N+](=O)[O-])cc1)C1C(=O)c3ccccc3C1O2. The molecule has 5 rings (SSSR count). The molecular formula is C22H17N3O6. The lowest BCUT2D eigenvalue weighted by Gasteiger charge is -2.35. The molecule has 1 aromatic heterocycles. The van der Waals surface area contributed by atoms with Gasteiger partial charge in [-0.15, -0.1) is 0 Å². The van der Waals surface area contributed by atoms with E-state index in [1.807, 2.05) is 0 Å². The summed E-state index contributed by atoms with van der Waals surface area (Å²) >= 11 is 0. The summed E-state index contributed by atoms with van der Waals surface area (Å²) in [5.74, 6) is -1.50. The van der Waals surface area contributed by atoms with Crippen LogP contribution in [0.15, 0.2) is 58.1 Å². The molecule has 0 fully saturated rings. The first kappa shape index (κ1) is 19.0. The average molecular weight is 419 g/mol. The first-order chi connectivity index (χ1) is 14.8. The van der Waals surface area contributed by atoms with E-state index in [2.05, 4.69) is 0 Å². The van der Waals surface area contributed by atoms with Gasteiger partial charge < -0.3 is 4.74 Å². The van der Waals surface area contributed by atoms with Crippen LogP contribution in [0, 0.1) is 16.0 Å². The van der Waals surface area contributed by atoms with E-state index in [-0.39, 0.29) is 22.9 Å². The number of nitrogens with zero attached hydrogens (tertiary/aromatic N) is 3. The number of ether oxygens (including phenoxy) is 1. The number of hydrogen-bond donors (Lipinski definition) is 0. The third-order valence-electron chi connectivity index (χ3n) is 6.18. The molecule has 0 N–H and O–H groups in total. The summed E-state index contributed by atoms with van der Waals surface area (Å²) in [7, 11) is 2.88. The molecule has 0 amide bonds. The van der Waals surface area contributed by atoms with Crippen molar-refractivity contribution in [3.63, 3.8) is 0 Å². The summed E-state index contributed by atoms with van der Waals surface area (Å²) in [4.78, 5) is 49.7. The highest BCUT2D eigenvalue weighted by molar-refractivity contribution is 6.04. The van der Waals surface area contributed by atoms with E-state index >= 15 is 0 Å². The van der Waals surface area contributed by atoms with Gasteiger partial charge in [0.2, 0.25) is 5.88 Å². The van der Waals surface area contributed by atoms with E-state index in [0.717, 1.165) is 4.57 Å². The third kappa shape index (κ3) is 2.52. The normalized spacial score (nSPS) is 21.1. The summed E-state index contributed by atoms with van der Waals surface area (Å²) in [5.41, 5.74) is 0.790. The second kappa shape index (κ2) is 6.49. The predicted molar refractivity (Wildman–Crippen MR) is 109 cm³/mol. The quantitative estimate of drug-likeness (QED) is 0.464. The molecule has 0 saturated heterocycles. The summed E-state index contributed by atoms with van der Waals surface area (Å²) in [6.07, 6.45) is -0.672. The zero-order chi connectivity index (χ0) is 22.0. The van der Waals surface area contributed by atoms with Crippen LogP contribution in [0.2, 0.25) is 0 Å². The summed E-state index contributed by atoms with van der Waals surface area (Å²) in [6, 6.07) is 12.9. The number of carbonyl (C=O) groups is 1. The van der Waals surface area contributed by atoms with Crippen molar-refractivity contribution in [3.8, 4) is 5.88 Å². The minimum absolute atomic E-state index is 0.0954. The van der Waals surface area contributed by atoms with E-state index in [9.17, 15) is 24.5 Å². The van der Waals surface area contributed by atoms with Gasteiger partial charge in [0.05, 0.1) is 16.4 Å². The van der Waals surface area contributed by atoms with E-state index in [1.54, 1.807) is 36.4 Å². The van der Waals surface area contributed by atoms with Gasteiger partial charge in [0.15, 0.2) is 5.78 Å². The minimum Gasteiger partial charge on any atom is -0.469 e. The van der Waals surface area contributed by atoms with E-state index in [4.69, 9.17) is 4.74 Å². The number of hydrogen-bond acceptors (Lipinski definition) is 6. The Hall–Kier alpha value is -4.01. The van der Waals surface area contributed by atoms with E-state index in [0.29, 0.717) is 16.7 Å². The van der Waals surface area contributed by atoms with Crippen molar-refractivity contribution in [1.29, 1.82) is 0 Å². The molecule has 0 saturated carbocycles. The van der Waals surface area contributed by atoms with Crippen LogP contribution in [0.4, 0.5) is 5.69 Å². The molecule has 9 nitrogen and oxygen atoms in total. The van der Waals surface area contributed by atoms with Crippen LogP contribution in [-0.4, -0.2) is 19.8 Å². The maximum absolute atomic E-state index is 13.4. The van der Waals surface area contributed by atoms with Crippen molar-refractivity contribution in [2.45, 2.75) is 12.0 Å². The molecule has 0 bridgehead atoms. The Bertz CT molecular complexity index is 1390. The van der Waals surface area contributed by atoms with Crippen molar-refractivity contribution in [2.75, 3.05) is 0 Å². The second-order valence-electron chi connectivity index (χ2n) is 7.77. The average Bonchev–Trinajstić information content (AvgIpc) is 3.07. The highest BCUT2D eigenvalue weighted by Gasteiger charge is 2.52. The molecule has 1 aliphatic carbocycles. The molecule has 0 radical (unpaired) electrons. The lowest BCUT2D eigenvalue weighted by Crippen LogP contribution is -2.45. The number of benzene rings is 2. The molecule has 9 heteroatoms. The van der Waals surface area contributed by atoms with Gasteiger partial charge in [0, 0.05) is 43.3 Å². The second-order valence-corrected chi connectivity index (χ2v) is 7.77. The fourth-order valence-electron chi connectivity index (χ4n) is 4.68. The maximum Gasteiger partial charge on any atom is 0.333 e. The number of Topliss-reactive ketones (excluding diaryl/α,β-unsaturated/α-hetero) is 1. The summed E-state index contributed by atoms with van der Waals surface area (Å²) in [6.45, 7) is 0.